The lowest BCUT2D eigenvalue weighted by Crippen LogP contribution is -2.31. The molecule has 0 spiro atoms. The number of hydrogen-bond acceptors (Lipinski definition) is 3. The number of H-pyrrole nitrogens is 1. The van der Waals surface area contributed by atoms with Crippen LogP contribution in [0.3, 0.4) is 0 Å². The van der Waals surface area contributed by atoms with Crippen molar-refractivity contribution in [1.29, 1.82) is 0 Å². The van der Waals surface area contributed by atoms with Gasteiger partial charge in [-0.15, -0.1) is 0 Å². The quantitative estimate of drug-likeness (QED) is 0.722. The minimum atomic E-state index is -4.42. The van der Waals surface area contributed by atoms with Crippen molar-refractivity contribution < 1.29 is 13.2 Å². The van der Waals surface area contributed by atoms with Gasteiger partial charge in [0.05, 0.1) is 35.6 Å². The molecule has 1 N–H and O–H groups in total. The van der Waals surface area contributed by atoms with E-state index in [9.17, 15) is 13.2 Å². The van der Waals surface area contributed by atoms with Crippen LogP contribution in [-0.4, -0.2) is 26.1 Å². The molecule has 1 unspecified atom stereocenters. The van der Waals surface area contributed by atoms with Crippen molar-refractivity contribution in [3.8, 4) is 0 Å². The van der Waals surface area contributed by atoms with E-state index < -0.39 is 11.7 Å². The van der Waals surface area contributed by atoms with Gasteiger partial charge in [0.2, 0.25) is 0 Å². The summed E-state index contributed by atoms with van der Waals surface area (Å²) in [6.45, 7) is 2.55. The van der Waals surface area contributed by atoms with E-state index in [2.05, 4.69) is 20.1 Å². The fourth-order valence-corrected chi connectivity index (χ4v) is 3.34. The van der Waals surface area contributed by atoms with Gasteiger partial charge < -0.3 is 4.90 Å². The molecule has 4 rings (SSSR count). The first kappa shape index (κ1) is 17.3. The Bertz CT molecular complexity index is 1020. The summed E-state index contributed by atoms with van der Waals surface area (Å²) in [6.07, 6.45) is 4.52. The van der Waals surface area contributed by atoms with Crippen LogP contribution in [0, 0.1) is 0 Å². The predicted octanol–water partition coefficient (Wildman–Crippen LogP) is 4.78. The number of fused-ring (bicyclic) bond motifs is 1. The van der Waals surface area contributed by atoms with Crippen molar-refractivity contribution in [2.75, 3.05) is 0 Å². The minimum Gasteiger partial charge on any atom is -0.365 e. The lowest BCUT2D eigenvalue weighted by atomic mass is 9.92. The van der Waals surface area contributed by atoms with Gasteiger partial charge in [-0.05, 0) is 48.4 Å². The van der Waals surface area contributed by atoms with Gasteiger partial charge in [0.25, 0.3) is 0 Å². The molecule has 0 saturated heterocycles. The molecule has 1 aliphatic heterocycles. The number of alkyl halides is 3. The molecular formula is C20H17F3N4. The molecule has 7 heteroatoms. The second-order valence-electron chi connectivity index (χ2n) is 6.49. The third-order valence-corrected chi connectivity index (χ3v) is 4.77. The van der Waals surface area contributed by atoms with Gasteiger partial charge in [-0.3, -0.25) is 10.1 Å². The van der Waals surface area contributed by atoms with Gasteiger partial charge in [0.15, 0.2) is 0 Å². The lowest BCUT2D eigenvalue weighted by Gasteiger charge is -2.32. The van der Waals surface area contributed by atoms with E-state index in [-0.39, 0.29) is 6.04 Å². The molecule has 1 aliphatic rings. The van der Waals surface area contributed by atoms with Crippen molar-refractivity contribution >= 4 is 16.5 Å². The molecule has 27 heavy (non-hydrogen) atoms. The maximum atomic E-state index is 13.3. The Morgan fingerprint density at radius 2 is 2.07 bits per heavy atom. The van der Waals surface area contributed by atoms with Gasteiger partial charge in [-0.1, -0.05) is 12.1 Å². The van der Waals surface area contributed by atoms with Crippen molar-refractivity contribution in [3.05, 3.63) is 77.9 Å². The number of hydrogen-bond donors (Lipinski definition) is 1. The number of halogens is 3. The third kappa shape index (κ3) is 3.32. The summed E-state index contributed by atoms with van der Waals surface area (Å²) in [7, 11) is 0. The molecule has 0 aliphatic carbocycles. The summed E-state index contributed by atoms with van der Waals surface area (Å²) in [5.41, 5.74) is 1.93. The van der Waals surface area contributed by atoms with Crippen LogP contribution < -0.4 is 0 Å². The van der Waals surface area contributed by atoms with Crippen molar-refractivity contribution in [2.24, 2.45) is 0 Å². The first-order valence-electron chi connectivity index (χ1n) is 8.52. The van der Waals surface area contributed by atoms with Gasteiger partial charge in [0.1, 0.15) is 0 Å². The Hall–Kier alpha value is -3.09. The molecule has 0 bridgehead atoms. The lowest BCUT2D eigenvalue weighted by molar-refractivity contribution is -0.137. The standard InChI is InChI=1S/C20H17F3N4/c1-13-16(6-4-8-27(13)12-15-5-2-3-7-24-15)17-9-14(20(21,22)23)10-19-18(17)11-25-26-19/h2-11,13H,12H2,1H3,(H,25,26). The highest BCUT2D eigenvalue weighted by Crippen LogP contribution is 2.37. The molecule has 2 aromatic heterocycles. The monoisotopic (exact) mass is 370 g/mol. The van der Waals surface area contributed by atoms with Crippen LogP contribution in [-0.2, 0) is 12.7 Å². The van der Waals surface area contributed by atoms with Crippen LogP contribution in [0.5, 0.6) is 0 Å². The normalized spacial score (nSPS) is 17.4. The third-order valence-electron chi connectivity index (χ3n) is 4.77. The van der Waals surface area contributed by atoms with Crippen LogP contribution in [0.25, 0.3) is 16.5 Å². The van der Waals surface area contributed by atoms with Gasteiger partial charge >= 0.3 is 6.18 Å². The largest absolute Gasteiger partial charge is 0.416 e. The van der Waals surface area contributed by atoms with E-state index >= 15 is 0 Å². The SMILES string of the molecule is CC1C(c2cc(C(F)(F)F)cc3[nH]ncc23)=CC=CN1Cc1ccccn1. The Labute approximate surface area is 154 Å². The molecule has 0 amide bonds. The number of rotatable bonds is 3. The number of benzene rings is 1. The zero-order valence-electron chi connectivity index (χ0n) is 14.5. The molecular weight excluding hydrogens is 353 g/mol. The molecule has 0 saturated carbocycles. The van der Waals surface area contributed by atoms with Crippen molar-refractivity contribution in [2.45, 2.75) is 25.7 Å². The van der Waals surface area contributed by atoms with E-state index in [1.807, 2.05) is 43.5 Å². The molecule has 4 nitrogen and oxygen atoms in total. The zero-order chi connectivity index (χ0) is 19.0. The molecule has 138 valence electrons. The average molecular weight is 370 g/mol. The van der Waals surface area contributed by atoms with E-state index in [0.29, 0.717) is 23.0 Å². The van der Waals surface area contributed by atoms with Crippen LogP contribution in [0.15, 0.2) is 61.1 Å². The molecule has 3 heterocycles. The topological polar surface area (TPSA) is 44.8 Å². The van der Waals surface area contributed by atoms with Crippen LogP contribution in [0.2, 0.25) is 0 Å². The Morgan fingerprint density at radius 1 is 1.22 bits per heavy atom. The van der Waals surface area contributed by atoms with Crippen molar-refractivity contribution in [3.63, 3.8) is 0 Å². The van der Waals surface area contributed by atoms with E-state index in [1.165, 1.54) is 6.07 Å². The highest BCUT2D eigenvalue weighted by atomic mass is 19.4. The molecule has 1 atom stereocenters. The van der Waals surface area contributed by atoms with E-state index in [1.54, 1.807) is 12.4 Å². The average Bonchev–Trinajstić information content (AvgIpc) is 3.12. The second-order valence-corrected chi connectivity index (χ2v) is 6.49. The molecule has 3 aromatic rings. The summed E-state index contributed by atoms with van der Waals surface area (Å²) >= 11 is 0. The van der Waals surface area contributed by atoms with E-state index in [4.69, 9.17) is 0 Å². The number of nitrogens with zero attached hydrogens (tertiary/aromatic N) is 3. The number of aromatic nitrogens is 3. The molecule has 0 fully saturated rings. The van der Waals surface area contributed by atoms with E-state index in [0.717, 1.165) is 17.3 Å². The number of aromatic amines is 1. The zero-order valence-corrected chi connectivity index (χ0v) is 14.5. The maximum absolute atomic E-state index is 13.3. The minimum absolute atomic E-state index is 0.112. The first-order valence-corrected chi connectivity index (χ1v) is 8.52. The highest BCUT2D eigenvalue weighted by molar-refractivity contribution is 5.93. The van der Waals surface area contributed by atoms with Gasteiger partial charge in [-0.25, -0.2) is 0 Å². The predicted molar refractivity (Wildman–Crippen MR) is 97.5 cm³/mol. The summed E-state index contributed by atoms with van der Waals surface area (Å²) in [4.78, 5) is 6.39. The Kier molecular flexibility index (Phi) is 4.22. The first-order chi connectivity index (χ1) is 12.9. The summed E-state index contributed by atoms with van der Waals surface area (Å²) in [6, 6.07) is 7.89. The van der Waals surface area contributed by atoms with Crippen LogP contribution >= 0.6 is 0 Å². The Morgan fingerprint density at radius 3 is 2.81 bits per heavy atom. The maximum Gasteiger partial charge on any atom is 0.416 e. The summed E-state index contributed by atoms with van der Waals surface area (Å²) in [5, 5.41) is 7.26. The fraction of sp³-hybridized carbons (Fsp3) is 0.200. The smallest absolute Gasteiger partial charge is 0.365 e. The Balaban J connectivity index is 1.73. The molecule has 1 aromatic carbocycles. The van der Waals surface area contributed by atoms with Crippen LogP contribution in [0.1, 0.15) is 23.7 Å². The van der Waals surface area contributed by atoms with Gasteiger partial charge in [0, 0.05) is 17.8 Å². The van der Waals surface area contributed by atoms with Crippen molar-refractivity contribution in [1.82, 2.24) is 20.1 Å². The molecule has 0 radical (unpaired) electrons. The number of allylic oxidation sites excluding steroid dienone is 2. The van der Waals surface area contributed by atoms with Gasteiger partial charge in [-0.2, -0.15) is 18.3 Å². The number of pyridine rings is 1. The second kappa shape index (κ2) is 6.57. The summed E-state index contributed by atoms with van der Waals surface area (Å²) < 4.78 is 40.0. The highest BCUT2D eigenvalue weighted by Gasteiger charge is 2.33. The van der Waals surface area contributed by atoms with Crippen LogP contribution in [0.4, 0.5) is 13.2 Å². The number of nitrogens with one attached hydrogen (secondary N) is 1. The summed E-state index contributed by atoms with van der Waals surface area (Å²) in [5.74, 6) is 0. The fourth-order valence-electron chi connectivity index (χ4n) is 3.34.